The van der Waals surface area contributed by atoms with Crippen LogP contribution in [0, 0.1) is 0 Å². The lowest BCUT2D eigenvalue weighted by molar-refractivity contribution is -0.120. The number of hydrogen-bond acceptors (Lipinski definition) is 4. The monoisotopic (exact) mass is 472 g/mol. The third-order valence-electron chi connectivity index (χ3n) is 3.69. The molecule has 0 radical (unpaired) electrons. The van der Waals surface area contributed by atoms with E-state index in [9.17, 15) is 9.90 Å². The van der Waals surface area contributed by atoms with Crippen molar-refractivity contribution in [3.05, 3.63) is 60.1 Å². The minimum absolute atomic E-state index is 0. The number of aliphatic hydroxyl groups is 1. The highest BCUT2D eigenvalue weighted by Gasteiger charge is 2.11. The molecule has 0 saturated heterocycles. The molecular weight excluding hydrogens is 447 g/mol. The minimum Gasteiger partial charge on any atom is -0.467 e. The first-order chi connectivity index (χ1) is 12.2. The average Bonchev–Trinajstić information content (AvgIpc) is 3.17. The molecule has 7 nitrogen and oxygen atoms in total. The molecule has 0 spiro atoms. The van der Waals surface area contributed by atoms with Crippen LogP contribution in [-0.2, 0) is 11.3 Å². The van der Waals surface area contributed by atoms with Gasteiger partial charge in [0.25, 0.3) is 0 Å². The van der Waals surface area contributed by atoms with Gasteiger partial charge < -0.3 is 25.5 Å². The molecule has 1 unspecified atom stereocenters. The van der Waals surface area contributed by atoms with Crippen LogP contribution in [0.2, 0.25) is 0 Å². The Kier molecular flexibility index (Phi) is 10.4. The van der Waals surface area contributed by atoms with Crippen molar-refractivity contribution in [2.24, 2.45) is 4.99 Å². The number of halogens is 1. The van der Waals surface area contributed by atoms with Gasteiger partial charge in [0.2, 0.25) is 5.91 Å². The largest absolute Gasteiger partial charge is 0.467 e. The second-order valence-electron chi connectivity index (χ2n) is 5.45. The quantitative estimate of drug-likeness (QED) is 0.265. The zero-order valence-electron chi connectivity index (χ0n) is 14.6. The van der Waals surface area contributed by atoms with Gasteiger partial charge in [-0.05, 0) is 17.7 Å². The summed E-state index contributed by atoms with van der Waals surface area (Å²) in [5.41, 5.74) is 1.05. The number of carbonyl (C=O) groups is 1. The number of benzene rings is 1. The van der Waals surface area contributed by atoms with E-state index < -0.39 is 0 Å². The van der Waals surface area contributed by atoms with Crippen LogP contribution in [-0.4, -0.2) is 43.7 Å². The molecule has 0 aliphatic rings. The molecule has 0 saturated carbocycles. The SMILES string of the molecule is CN=C(NCC(=O)NCc1ccco1)NCC(CO)c1ccccc1.I. The van der Waals surface area contributed by atoms with Crippen LogP contribution < -0.4 is 16.0 Å². The van der Waals surface area contributed by atoms with Crippen molar-refractivity contribution >= 4 is 35.8 Å². The average molecular weight is 472 g/mol. The predicted molar refractivity (Wildman–Crippen MR) is 112 cm³/mol. The molecule has 0 aliphatic carbocycles. The Hall–Kier alpha value is -2.07. The van der Waals surface area contributed by atoms with Crippen LogP contribution in [0.15, 0.2) is 58.1 Å². The summed E-state index contributed by atoms with van der Waals surface area (Å²) in [6.45, 7) is 0.974. The molecule has 8 heteroatoms. The maximum absolute atomic E-state index is 11.8. The van der Waals surface area contributed by atoms with E-state index >= 15 is 0 Å². The fourth-order valence-electron chi connectivity index (χ4n) is 2.28. The molecule has 142 valence electrons. The lowest BCUT2D eigenvalue weighted by Gasteiger charge is -2.18. The molecule has 1 atom stereocenters. The summed E-state index contributed by atoms with van der Waals surface area (Å²) < 4.78 is 5.16. The van der Waals surface area contributed by atoms with Gasteiger partial charge >= 0.3 is 0 Å². The first-order valence-corrected chi connectivity index (χ1v) is 8.12. The topological polar surface area (TPSA) is 98.9 Å². The molecule has 0 aliphatic heterocycles. The highest BCUT2D eigenvalue weighted by atomic mass is 127. The smallest absolute Gasteiger partial charge is 0.239 e. The zero-order chi connectivity index (χ0) is 17.9. The van der Waals surface area contributed by atoms with Gasteiger partial charge in [0.15, 0.2) is 5.96 Å². The highest BCUT2D eigenvalue weighted by molar-refractivity contribution is 14.0. The number of furan rings is 1. The van der Waals surface area contributed by atoms with E-state index in [1.807, 2.05) is 30.3 Å². The third-order valence-corrected chi connectivity index (χ3v) is 3.69. The molecule has 2 aromatic rings. The van der Waals surface area contributed by atoms with Crippen LogP contribution >= 0.6 is 24.0 Å². The number of hydrogen-bond donors (Lipinski definition) is 4. The normalized spacial score (nSPS) is 12.0. The first kappa shape index (κ1) is 22.0. The Bertz CT molecular complexity index is 662. The van der Waals surface area contributed by atoms with Gasteiger partial charge in [-0.1, -0.05) is 30.3 Å². The number of aliphatic hydroxyl groups excluding tert-OH is 1. The molecule has 1 aromatic heterocycles. The maximum atomic E-state index is 11.8. The Balaban J connectivity index is 0.00000338. The molecule has 4 N–H and O–H groups in total. The summed E-state index contributed by atoms with van der Waals surface area (Å²) in [5.74, 6) is 0.987. The first-order valence-electron chi connectivity index (χ1n) is 8.12. The number of amides is 1. The van der Waals surface area contributed by atoms with Crippen LogP contribution in [0.4, 0.5) is 0 Å². The summed E-state index contributed by atoms with van der Waals surface area (Å²) in [6.07, 6.45) is 1.57. The van der Waals surface area contributed by atoms with Crippen molar-refractivity contribution in [3.8, 4) is 0 Å². The molecule has 1 aromatic carbocycles. The number of aliphatic imine (C=N–C) groups is 1. The van der Waals surface area contributed by atoms with Crippen LogP contribution in [0.25, 0.3) is 0 Å². The Morgan fingerprint density at radius 1 is 1.15 bits per heavy atom. The van der Waals surface area contributed by atoms with Crippen molar-refractivity contribution in [1.82, 2.24) is 16.0 Å². The van der Waals surface area contributed by atoms with E-state index in [4.69, 9.17) is 4.42 Å². The van der Waals surface area contributed by atoms with Crippen molar-refractivity contribution in [2.45, 2.75) is 12.5 Å². The van der Waals surface area contributed by atoms with Gasteiger partial charge in [0, 0.05) is 19.5 Å². The number of nitrogens with one attached hydrogen (secondary N) is 3. The molecule has 1 amide bonds. The second-order valence-corrected chi connectivity index (χ2v) is 5.45. The second kappa shape index (κ2) is 12.3. The summed E-state index contributed by atoms with van der Waals surface area (Å²) >= 11 is 0. The maximum Gasteiger partial charge on any atom is 0.239 e. The lowest BCUT2D eigenvalue weighted by Crippen LogP contribution is -2.44. The van der Waals surface area contributed by atoms with Crippen LogP contribution in [0.5, 0.6) is 0 Å². The summed E-state index contributed by atoms with van der Waals surface area (Å²) in [5, 5.41) is 18.4. The number of nitrogens with zero attached hydrogens (tertiary/aromatic N) is 1. The number of rotatable bonds is 8. The van der Waals surface area contributed by atoms with E-state index in [1.54, 1.807) is 25.4 Å². The third kappa shape index (κ3) is 7.44. The van der Waals surface area contributed by atoms with Gasteiger partial charge in [-0.15, -0.1) is 24.0 Å². The minimum atomic E-state index is -0.166. The highest BCUT2D eigenvalue weighted by Crippen LogP contribution is 2.13. The number of guanidine groups is 1. The Labute approximate surface area is 170 Å². The van der Waals surface area contributed by atoms with Gasteiger partial charge in [-0.25, -0.2) is 0 Å². The molecule has 26 heavy (non-hydrogen) atoms. The Morgan fingerprint density at radius 2 is 1.92 bits per heavy atom. The summed E-state index contributed by atoms with van der Waals surface area (Å²) in [4.78, 5) is 15.9. The molecular formula is C18H25IN4O3. The lowest BCUT2D eigenvalue weighted by atomic mass is 10.0. The molecule has 0 bridgehead atoms. The summed E-state index contributed by atoms with van der Waals surface area (Å²) in [7, 11) is 1.63. The van der Waals surface area contributed by atoms with E-state index in [0.29, 0.717) is 24.8 Å². The van der Waals surface area contributed by atoms with Gasteiger partial charge in [0.05, 0.1) is 26.0 Å². The Morgan fingerprint density at radius 3 is 2.54 bits per heavy atom. The molecule has 1 heterocycles. The van der Waals surface area contributed by atoms with Crippen molar-refractivity contribution in [1.29, 1.82) is 0 Å². The molecule has 2 rings (SSSR count). The zero-order valence-corrected chi connectivity index (χ0v) is 17.0. The van der Waals surface area contributed by atoms with Crippen molar-refractivity contribution in [2.75, 3.05) is 26.7 Å². The standard InChI is InChI=1S/C18H24N4O3.HI/c1-19-18(21-10-15(13-23)14-6-3-2-4-7-14)22-12-17(24)20-11-16-8-5-9-25-16;/h2-9,15,23H,10-13H2,1H3,(H,20,24)(H2,19,21,22);1H. The number of carbonyl (C=O) groups excluding carboxylic acids is 1. The van der Waals surface area contributed by atoms with Crippen LogP contribution in [0.3, 0.4) is 0 Å². The van der Waals surface area contributed by atoms with E-state index in [0.717, 1.165) is 5.56 Å². The summed E-state index contributed by atoms with van der Waals surface area (Å²) in [6, 6.07) is 13.3. The fraction of sp³-hybridized carbons (Fsp3) is 0.333. The van der Waals surface area contributed by atoms with Gasteiger partial charge in [-0.2, -0.15) is 0 Å². The van der Waals surface area contributed by atoms with Gasteiger partial charge in [-0.3, -0.25) is 9.79 Å². The van der Waals surface area contributed by atoms with Crippen LogP contribution in [0.1, 0.15) is 17.2 Å². The van der Waals surface area contributed by atoms with E-state index in [1.165, 1.54) is 0 Å². The fourth-order valence-corrected chi connectivity index (χ4v) is 2.28. The van der Waals surface area contributed by atoms with Crippen molar-refractivity contribution in [3.63, 3.8) is 0 Å². The predicted octanol–water partition coefficient (Wildman–Crippen LogP) is 1.45. The van der Waals surface area contributed by atoms with E-state index in [2.05, 4.69) is 20.9 Å². The van der Waals surface area contributed by atoms with Gasteiger partial charge in [0.1, 0.15) is 5.76 Å². The van der Waals surface area contributed by atoms with E-state index in [-0.39, 0.29) is 49.0 Å². The molecule has 0 fully saturated rings. The van der Waals surface area contributed by atoms with Crippen molar-refractivity contribution < 1.29 is 14.3 Å².